The average Bonchev–Trinajstić information content (AvgIpc) is 3.12. The lowest BCUT2D eigenvalue weighted by atomic mass is 9.38. The number of aliphatic hydroxyl groups is 1. The monoisotopic (exact) mass is 343 g/mol. The zero-order valence-electron chi connectivity index (χ0n) is 15.7. The van der Waals surface area contributed by atoms with Gasteiger partial charge in [-0.3, -0.25) is 4.90 Å². The fraction of sp³-hybridized carbons (Fsp3) is 0.909. The van der Waals surface area contributed by atoms with Crippen LogP contribution in [0.4, 0.5) is 0 Å². The maximum absolute atomic E-state index is 11.3. The summed E-state index contributed by atoms with van der Waals surface area (Å²) in [6.07, 6.45) is 10.4. The molecule has 6 aliphatic rings. The summed E-state index contributed by atoms with van der Waals surface area (Å²) in [5, 5.41) is 11.3. The Morgan fingerprint density at radius 3 is 2.92 bits per heavy atom. The molecule has 3 heteroatoms. The number of hydrogen-bond donors (Lipinski definition) is 1. The maximum Gasteiger partial charge on any atom is 0.117 e. The van der Waals surface area contributed by atoms with E-state index < -0.39 is 0 Å². The third-order valence-corrected chi connectivity index (χ3v) is 9.95. The van der Waals surface area contributed by atoms with Crippen molar-refractivity contribution in [3.63, 3.8) is 0 Å². The fourth-order valence-electron chi connectivity index (χ4n) is 9.31. The van der Waals surface area contributed by atoms with Gasteiger partial charge in [0.25, 0.3) is 0 Å². The van der Waals surface area contributed by atoms with E-state index in [0.29, 0.717) is 23.5 Å². The molecule has 4 saturated carbocycles. The van der Waals surface area contributed by atoms with E-state index >= 15 is 0 Å². The van der Waals surface area contributed by atoms with Gasteiger partial charge in [0.15, 0.2) is 0 Å². The average molecular weight is 344 g/mol. The largest absolute Gasteiger partial charge is 0.388 e. The Morgan fingerprint density at radius 2 is 2.04 bits per heavy atom. The number of rotatable bonds is 0. The van der Waals surface area contributed by atoms with Gasteiger partial charge in [0.05, 0.1) is 12.7 Å². The molecular weight excluding hydrogens is 310 g/mol. The highest BCUT2D eigenvalue weighted by Gasteiger charge is 2.73. The van der Waals surface area contributed by atoms with E-state index in [4.69, 9.17) is 4.74 Å². The normalized spacial score (nSPS) is 60.1. The predicted octanol–water partition coefficient (Wildman–Crippen LogP) is 3.58. The van der Waals surface area contributed by atoms with Crippen LogP contribution < -0.4 is 0 Å². The number of nitrogens with zero attached hydrogens (tertiary/aromatic N) is 1. The molecule has 3 nitrogen and oxygen atoms in total. The van der Waals surface area contributed by atoms with Gasteiger partial charge >= 0.3 is 0 Å². The topological polar surface area (TPSA) is 32.7 Å². The summed E-state index contributed by atoms with van der Waals surface area (Å²) in [7, 11) is 0. The minimum absolute atomic E-state index is 0.115. The second kappa shape index (κ2) is 4.72. The third kappa shape index (κ3) is 1.62. The first-order valence-electron chi connectivity index (χ1n) is 10.7. The minimum Gasteiger partial charge on any atom is -0.388 e. The number of fused-ring (bicyclic) bond motifs is 2. The van der Waals surface area contributed by atoms with E-state index in [0.717, 1.165) is 24.6 Å². The van der Waals surface area contributed by atoms with Crippen LogP contribution in [0.15, 0.2) is 12.2 Å². The van der Waals surface area contributed by atoms with E-state index in [1.54, 1.807) is 0 Å². The lowest BCUT2D eigenvalue weighted by molar-refractivity contribution is -0.276. The highest BCUT2D eigenvalue weighted by molar-refractivity contribution is 5.29. The van der Waals surface area contributed by atoms with Crippen molar-refractivity contribution in [3.8, 4) is 0 Å². The van der Waals surface area contributed by atoms with Gasteiger partial charge in [-0.25, -0.2) is 0 Å². The van der Waals surface area contributed by atoms with Crippen LogP contribution >= 0.6 is 0 Å². The fourth-order valence-corrected chi connectivity index (χ4v) is 9.31. The van der Waals surface area contributed by atoms with Crippen LogP contribution in [-0.2, 0) is 4.74 Å². The van der Waals surface area contributed by atoms with Gasteiger partial charge < -0.3 is 9.84 Å². The molecule has 25 heavy (non-hydrogen) atoms. The Labute approximate surface area is 151 Å². The second-order valence-electron chi connectivity index (χ2n) is 10.6. The van der Waals surface area contributed by atoms with Crippen molar-refractivity contribution in [2.45, 2.75) is 70.6 Å². The van der Waals surface area contributed by atoms with Crippen LogP contribution in [0.1, 0.15) is 58.3 Å². The Hall–Kier alpha value is -0.380. The van der Waals surface area contributed by atoms with Crippen LogP contribution in [-0.4, -0.2) is 42.0 Å². The first kappa shape index (κ1) is 15.7. The van der Waals surface area contributed by atoms with E-state index in [9.17, 15) is 5.11 Å². The van der Waals surface area contributed by atoms with Crippen molar-refractivity contribution in [1.82, 2.24) is 4.90 Å². The summed E-state index contributed by atoms with van der Waals surface area (Å²) in [5.74, 6) is 2.01. The van der Waals surface area contributed by atoms with Gasteiger partial charge in [-0.05, 0) is 73.7 Å². The Kier molecular flexibility index (Phi) is 2.95. The Balaban J connectivity index is 1.53. The molecule has 1 spiro atoms. The molecule has 6 rings (SSSR count). The molecule has 6 fully saturated rings. The van der Waals surface area contributed by atoms with Gasteiger partial charge in [-0.1, -0.05) is 19.9 Å². The molecule has 0 radical (unpaired) electrons. The molecule has 8 atom stereocenters. The van der Waals surface area contributed by atoms with Gasteiger partial charge in [0.1, 0.15) is 6.23 Å². The van der Waals surface area contributed by atoms with E-state index in [-0.39, 0.29) is 16.9 Å². The smallest absolute Gasteiger partial charge is 0.117 e. The number of hydrogen-bond acceptors (Lipinski definition) is 3. The van der Waals surface area contributed by atoms with Gasteiger partial charge in [0, 0.05) is 23.9 Å². The molecule has 2 heterocycles. The minimum atomic E-state index is -0.259. The van der Waals surface area contributed by atoms with Crippen molar-refractivity contribution >= 4 is 0 Å². The van der Waals surface area contributed by atoms with Crippen molar-refractivity contribution in [2.75, 3.05) is 19.7 Å². The molecule has 0 aromatic heterocycles. The van der Waals surface area contributed by atoms with Crippen molar-refractivity contribution in [3.05, 3.63) is 12.2 Å². The highest BCUT2D eigenvalue weighted by atomic mass is 16.5. The summed E-state index contributed by atoms with van der Waals surface area (Å²) in [6, 6.07) is 0. The molecule has 1 N–H and O–H groups in total. The third-order valence-electron chi connectivity index (χ3n) is 9.95. The number of ether oxygens (including phenoxy) is 1. The SMILES string of the molecule is C=C1C2CCC3C(CCC4C5(C)CCCC43C3OCCN3C5)(C2)C1O. The van der Waals surface area contributed by atoms with Crippen LogP contribution in [0, 0.1) is 34.0 Å². The summed E-state index contributed by atoms with van der Waals surface area (Å²) >= 11 is 0. The first-order valence-corrected chi connectivity index (χ1v) is 10.7. The first-order chi connectivity index (χ1) is 12.0. The maximum atomic E-state index is 11.3. The second-order valence-corrected chi connectivity index (χ2v) is 10.6. The predicted molar refractivity (Wildman–Crippen MR) is 96.8 cm³/mol. The van der Waals surface area contributed by atoms with Crippen LogP contribution in [0.25, 0.3) is 0 Å². The summed E-state index contributed by atoms with van der Waals surface area (Å²) in [5.41, 5.74) is 2.03. The lowest BCUT2D eigenvalue weighted by Crippen LogP contribution is -2.71. The highest BCUT2D eigenvalue weighted by Crippen LogP contribution is 2.75. The van der Waals surface area contributed by atoms with Gasteiger partial charge in [0.2, 0.25) is 0 Å². The standard InChI is InChI=1S/C22H33NO2/c1-14-15-4-5-17-21(12-15,18(14)24)9-6-16-20(2)7-3-8-22(16,17)19-23(13-20)10-11-25-19/h15-19,24H,1,3-13H2,2H3. The molecule has 2 aliphatic heterocycles. The quantitative estimate of drug-likeness (QED) is 0.683. The summed E-state index contributed by atoms with van der Waals surface area (Å²) in [6.45, 7) is 10.2. The molecule has 0 amide bonds. The molecule has 8 unspecified atom stereocenters. The molecule has 2 saturated heterocycles. The Morgan fingerprint density at radius 1 is 1.16 bits per heavy atom. The van der Waals surface area contributed by atoms with Crippen molar-refractivity contribution in [2.24, 2.45) is 34.0 Å². The summed E-state index contributed by atoms with van der Waals surface area (Å²) in [4.78, 5) is 2.69. The van der Waals surface area contributed by atoms with Crippen molar-refractivity contribution in [1.29, 1.82) is 0 Å². The molecule has 0 aromatic rings. The number of piperidine rings is 1. The summed E-state index contributed by atoms with van der Waals surface area (Å²) < 4.78 is 6.48. The van der Waals surface area contributed by atoms with Crippen LogP contribution in [0.2, 0.25) is 0 Å². The zero-order chi connectivity index (χ0) is 17.0. The van der Waals surface area contributed by atoms with Crippen molar-refractivity contribution < 1.29 is 9.84 Å². The van der Waals surface area contributed by atoms with E-state index in [1.807, 2.05) is 0 Å². The molecule has 138 valence electrons. The molecular formula is C22H33NO2. The number of aliphatic hydroxyl groups excluding tert-OH is 1. The van der Waals surface area contributed by atoms with Gasteiger partial charge in [-0.15, -0.1) is 0 Å². The van der Waals surface area contributed by atoms with Gasteiger partial charge in [-0.2, -0.15) is 0 Å². The lowest BCUT2D eigenvalue weighted by Gasteiger charge is -2.70. The van der Waals surface area contributed by atoms with Crippen LogP contribution in [0.5, 0.6) is 0 Å². The molecule has 4 aliphatic carbocycles. The van der Waals surface area contributed by atoms with E-state index in [1.165, 1.54) is 57.9 Å². The van der Waals surface area contributed by atoms with Crippen LogP contribution in [0.3, 0.4) is 0 Å². The Bertz CT molecular complexity index is 634. The molecule has 0 aromatic carbocycles. The van der Waals surface area contributed by atoms with E-state index in [2.05, 4.69) is 18.4 Å². The molecule has 4 bridgehead atoms. The zero-order valence-corrected chi connectivity index (χ0v) is 15.7.